The summed E-state index contributed by atoms with van der Waals surface area (Å²) in [6.45, 7) is -0.160. The third-order valence-electron chi connectivity index (χ3n) is 7.26. The quantitative estimate of drug-likeness (QED) is 0.322. The minimum Gasteiger partial charge on any atom is -0.347 e. The lowest BCUT2D eigenvalue weighted by Gasteiger charge is -2.33. The maximum atomic E-state index is 14.8. The Morgan fingerprint density at radius 2 is 1.75 bits per heavy atom. The van der Waals surface area contributed by atoms with Gasteiger partial charge in [0, 0.05) is 35.1 Å². The number of carbonyl (C=O) groups excluding carboxylic acids is 4. The highest BCUT2D eigenvalue weighted by Gasteiger charge is 2.45. The number of rotatable bonds is 5. The largest absolute Gasteiger partial charge is 0.349 e. The smallest absolute Gasteiger partial charge is 0.347 e. The SMILES string of the molecule is Bc1c(B)c2c(c(B)c1CNC(=O)C(F)(F)c1ccc(Cl)cc1)C(B)N(C1CCC(=O)NC1=O)C2=O. The van der Waals surface area contributed by atoms with Crippen molar-refractivity contribution in [2.24, 2.45) is 0 Å². The van der Waals surface area contributed by atoms with E-state index in [2.05, 4.69) is 10.6 Å². The van der Waals surface area contributed by atoms with Crippen LogP contribution in [0, 0.1) is 0 Å². The number of hydrogen-bond donors (Lipinski definition) is 2. The average Bonchev–Trinajstić information content (AvgIpc) is 3.08. The molecule has 4 rings (SSSR count). The summed E-state index contributed by atoms with van der Waals surface area (Å²) in [5.74, 6) is -6.87. The van der Waals surface area contributed by atoms with Gasteiger partial charge in [0.2, 0.25) is 11.8 Å². The molecule has 0 spiro atoms. The molecule has 2 N–H and O–H groups in total. The molecule has 2 aromatic rings. The van der Waals surface area contributed by atoms with Crippen molar-refractivity contribution in [2.75, 3.05) is 0 Å². The van der Waals surface area contributed by atoms with Gasteiger partial charge in [0.15, 0.2) is 0 Å². The Hall–Kier alpha value is -3.07. The molecule has 2 heterocycles. The lowest BCUT2D eigenvalue weighted by molar-refractivity contribution is -0.147. The fourth-order valence-electron chi connectivity index (χ4n) is 5.18. The van der Waals surface area contributed by atoms with Crippen molar-refractivity contribution in [3.8, 4) is 0 Å². The zero-order valence-corrected chi connectivity index (χ0v) is 21.1. The molecule has 2 aromatic carbocycles. The molecular weight excluding hydrogens is 487 g/mol. The number of imide groups is 1. The Kier molecular flexibility index (Phi) is 6.81. The van der Waals surface area contributed by atoms with Crippen LogP contribution < -0.4 is 27.0 Å². The maximum absolute atomic E-state index is 14.8. The molecule has 14 heteroatoms. The number of alkyl halides is 2. The summed E-state index contributed by atoms with van der Waals surface area (Å²) in [6.07, 6.45) is 0.369. The van der Waals surface area contributed by atoms with Crippen molar-refractivity contribution < 1.29 is 28.0 Å². The van der Waals surface area contributed by atoms with E-state index in [1.807, 2.05) is 0 Å². The first-order valence-corrected chi connectivity index (χ1v) is 11.9. The number of amides is 4. The number of hydrogen-bond acceptors (Lipinski definition) is 4. The number of piperidine rings is 1. The highest BCUT2D eigenvalue weighted by atomic mass is 35.5. The van der Waals surface area contributed by atoms with Gasteiger partial charge in [-0.3, -0.25) is 24.5 Å². The van der Waals surface area contributed by atoms with Crippen LogP contribution in [0.3, 0.4) is 0 Å². The van der Waals surface area contributed by atoms with Gasteiger partial charge in [-0.2, -0.15) is 8.78 Å². The second kappa shape index (κ2) is 9.42. The Bertz CT molecular complexity index is 1310. The second-order valence-electron chi connectivity index (χ2n) is 9.26. The van der Waals surface area contributed by atoms with Crippen LogP contribution in [0.25, 0.3) is 0 Å². The van der Waals surface area contributed by atoms with Crippen molar-refractivity contribution in [1.82, 2.24) is 15.5 Å². The van der Waals surface area contributed by atoms with E-state index in [-0.39, 0.29) is 36.2 Å². The highest BCUT2D eigenvalue weighted by molar-refractivity contribution is 6.54. The van der Waals surface area contributed by atoms with Gasteiger partial charge in [-0.25, -0.2) is 0 Å². The molecule has 2 aliphatic heterocycles. The normalized spacial score (nSPS) is 19.8. The lowest BCUT2D eigenvalue weighted by Crippen LogP contribution is -2.53. The summed E-state index contributed by atoms with van der Waals surface area (Å²) >= 11 is 5.76. The van der Waals surface area contributed by atoms with Crippen molar-refractivity contribution in [1.29, 1.82) is 0 Å². The van der Waals surface area contributed by atoms with Crippen LogP contribution >= 0.6 is 11.6 Å². The van der Waals surface area contributed by atoms with E-state index < -0.39 is 35.3 Å². The summed E-state index contributed by atoms with van der Waals surface area (Å²) in [5.41, 5.74) is 3.39. The Balaban J connectivity index is 1.62. The molecule has 7 nitrogen and oxygen atoms in total. The molecule has 0 aromatic heterocycles. The number of benzene rings is 2. The number of carbonyl (C=O) groups is 4. The molecule has 1 saturated heterocycles. The summed E-state index contributed by atoms with van der Waals surface area (Å²) in [5, 5.41) is 4.92. The Labute approximate surface area is 215 Å². The molecule has 1 fully saturated rings. The standard InChI is InChI=1S/C22H22B4ClF2N3O4/c23-15-10(7-30-21(36)22(28,29)8-1-3-9(27)4-2-8)16(24)17(25)14-13(15)18(26)32(20(14)35)11-5-6-12(33)31-19(11)34/h1-4,11,18H,5-7,23-26H2,(H,30,36)(H,31,33,34). The van der Waals surface area contributed by atoms with Gasteiger partial charge in [0.1, 0.15) is 37.4 Å². The van der Waals surface area contributed by atoms with Gasteiger partial charge in [-0.1, -0.05) is 40.1 Å². The van der Waals surface area contributed by atoms with Crippen molar-refractivity contribution in [3.05, 3.63) is 51.5 Å². The van der Waals surface area contributed by atoms with Crippen LogP contribution in [-0.2, 0) is 26.9 Å². The Morgan fingerprint density at radius 1 is 1.11 bits per heavy atom. The van der Waals surface area contributed by atoms with Gasteiger partial charge < -0.3 is 10.2 Å². The fraction of sp³-hybridized carbons (Fsp3) is 0.273. The molecular formula is C22H22B4ClF2N3O4. The first kappa shape index (κ1) is 26.0. The number of halogens is 3. The molecule has 0 aliphatic carbocycles. The number of nitrogens with one attached hydrogen (secondary N) is 2. The molecule has 2 unspecified atom stereocenters. The van der Waals surface area contributed by atoms with E-state index >= 15 is 0 Å². The summed E-state index contributed by atoms with van der Waals surface area (Å²) in [7, 11) is 7.11. The van der Waals surface area contributed by atoms with Crippen molar-refractivity contribution in [3.63, 3.8) is 0 Å². The number of fused-ring (bicyclic) bond motifs is 1. The van der Waals surface area contributed by atoms with E-state index in [1.54, 1.807) is 31.4 Å². The van der Waals surface area contributed by atoms with Gasteiger partial charge in [0.25, 0.3) is 11.8 Å². The van der Waals surface area contributed by atoms with Crippen LogP contribution in [0.15, 0.2) is 24.3 Å². The van der Waals surface area contributed by atoms with E-state index in [4.69, 9.17) is 11.6 Å². The topological polar surface area (TPSA) is 95.6 Å². The van der Waals surface area contributed by atoms with Crippen LogP contribution in [0.5, 0.6) is 0 Å². The number of nitrogens with zero attached hydrogens (tertiary/aromatic N) is 1. The lowest BCUT2D eigenvalue weighted by atomic mass is 9.66. The van der Waals surface area contributed by atoms with Gasteiger partial charge >= 0.3 is 5.92 Å². The predicted molar refractivity (Wildman–Crippen MR) is 142 cm³/mol. The van der Waals surface area contributed by atoms with E-state index in [0.717, 1.165) is 12.1 Å². The second-order valence-corrected chi connectivity index (χ2v) is 9.70. The van der Waals surface area contributed by atoms with Crippen molar-refractivity contribution >= 4 is 83.0 Å². The molecule has 36 heavy (non-hydrogen) atoms. The third kappa shape index (κ3) is 4.23. The van der Waals surface area contributed by atoms with Crippen LogP contribution in [0.4, 0.5) is 8.78 Å². The third-order valence-corrected chi connectivity index (χ3v) is 7.52. The zero-order chi connectivity index (χ0) is 26.5. The molecule has 2 atom stereocenters. The van der Waals surface area contributed by atoms with Gasteiger partial charge in [-0.05, 0) is 29.7 Å². The first-order valence-electron chi connectivity index (χ1n) is 11.6. The maximum Gasteiger partial charge on any atom is 0.349 e. The fourth-order valence-corrected chi connectivity index (χ4v) is 5.31. The summed E-state index contributed by atoms with van der Waals surface area (Å²) in [4.78, 5) is 51.5. The average molecular weight is 509 g/mol. The minimum atomic E-state index is -3.76. The van der Waals surface area contributed by atoms with Crippen molar-refractivity contribution in [2.45, 2.75) is 37.3 Å². The summed E-state index contributed by atoms with van der Waals surface area (Å²) in [6, 6.07) is 4.02. The summed E-state index contributed by atoms with van der Waals surface area (Å²) < 4.78 is 29.5. The molecule has 0 radical (unpaired) electrons. The van der Waals surface area contributed by atoms with E-state index in [1.165, 1.54) is 17.0 Å². The predicted octanol–water partition coefficient (Wildman–Crippen LogP) is -3.58. The van der Waals surface area contributed by atoms with Crippen LogP contribution in [0.1, 0.15) is 45.8 Å². The molecule has 182 valence electrons. The van der Waals surface area contributed by atoms with Gasteiger partial charge in [-0.15, -0.1) is 0 Å². The van der Waals surface area contributed by atoms with Crippen LogP contribution in [-0.4, -0.2) is 66.0 Å². The van der Waals surface area contributed by atoms with E-state index in [0.29, 0.717) is 33.1 Å². The molecule has 0 bridgehead atoms. The first-order chi connectivity index (χ1) is 16.9. The van der Waals surface area contributed by atoms with E-state index in [9.17, 15) is 28.0 Å². The molecule has 2 aliphatic rings. The highest BCUT2D eigenvalue weighted by Crippen LogP contribution is 2.33. The monoisotopic (exact) mass is 509 g/mol. The Morgan fingerprint density at radius 3 is 2.36 bits per heavy atom. The molecule has 4 amide bonds. The molecule has 0 saturated carbocycles. The zero-order valence-electron chi connectivity index (χ0n) is 20.3. The van der Waals surface area contributed by atoms with Crippen LogP contribution in [0.2, 0.25) is 5.02 Å². The minimum absolute atomic E-state index is 0.138. The van der Waals surface area contributed by atoms with Gasteiger partial charge in [0.05, 0.1) is 0 Å².